The van der Waals surface area contributed by atoms with Crippen LogP contribution < -0.4 is 5.32 Å². The van der Waals surface area contributed by atoms with Crippen LogP contribution in [0.25, 0.3) is 0 Å². The molecule has 0 aromatic carbocycles. The lowest BCUT2D eigenvalue weighted by Gasteiger charge is -2.50. The fraction of sp³-hybridized carbons (Fsp3) is 0.952. The molecule has 0 spiro atoms. The molecule has 9 N–H and O–H groups in total. The molecule has 3 heterocycles. The zero-order valence-corrected chi connectivity index (χ0v) is 20.1. The molecule has 0 aromatic rings. The Kier molecular flexibility index (Phi) is 10.0. The third-order valence-electron chi connectivity index (χ3n) is 6.73. The van der Waals surface area contributed by atoms with E-state index >= 15 is 0 Å². The maximum Gasteiger partial charge on any atom is 0.217 e. The van der Waals surface area contributed by atoms with Gasteiger partial charge in [0.25, 0.3) is 0 Å². The summed E-state index contributed by atoms with van der Waals surface area (Å²) >= 11 is 0. The summed E-state index contributed by atoms with van der Waals surface area (Å²) in [6, 6.07) is -0.963. The van der Waals surface area contributed by atoms with Crippen LogP contribution in [-0.4, -0.2) is 152 Å². The molecule has 3 saturated heterocycles. The smallest absolute Gasteiger partial charge is 0.217 e. The lowest BCUT2D eigenvalue weighted by atomic mass is 9.92. The first-order valence-electron chi connectivity index (χ1n) is 11.8. The van der Waals surface area contributed by atoms with E-state index in [0.717, 1.165) is 0 Å². The van der Waals surface area contributed by atoms with E-state index in [-0.39, 0.29) is 0 Å². The highest BCUT2D eigenvalue weighted by Gasteiger charge is 2.53. The Hall–Kier alpha value is -1.05. The molecular formula is C21H37NO14. The molecule has 15 nitrogen and oxygen atoms in total. The van der Waals surface area contributed by atoms with Gasteiger partial charge in [-0.15, -0.1) is 0 Å². The number of nitrogens with one attached hydrogen (secondary N) is 1. The van der Waals surface area contributed by atoms with E-state index in [1.165, 1.54) is 13.8 Å². The quantitative estimate of drug-likeness (QED) is 0.150. The summed E-state index contributed by atoms with van der Waals surface area (Å²) in [5.41, 5.74) is 0. The first-order chi connectivity index (χ1) is 16.9. The Labute approximate surface area is 207 Å². The number of carbonyl (C=O) groups excluding carboxylic acids is 1. The van der Waals surface area contributed by atoms with Crippen LogP contribution in [0.4, 0.5) is 0 Å². The average Bonchev–Trinajstić information content (AvgIpc) is 2.84. The van der Waals surface area contributed by atoms with Gasteiger partial charge in [-0.1, -0.05) is 0 Å². The van der Waals surface area contributed by atoms with Gasteiger partial charge in [-0.05, 0) is 13.8 Å². The second kappa shape index (κ2) is 12.2. The van der Waals surface area contributed by atoms with Gasteiger partial charge >= 0.3 is 0 Å². The van der Waals surface area contributed by atoms with Gasteiger partial charge in [0.1, 0.15) is 61.0 Å². The van der Waals surface area contributed by atoms with Crippen molar-refractivity contribution in [2.45, 2.75) is 113 Å². The number of aliphatic hydroxyl groups is 8. The molecule has 1 amide bonds. The van der Waals surface area contributed by atoms with Gasteiger partial charge in [0, 0.05) is 6.92 Å². The Balaban J connectivity index is 1.92. The number of rotatable bonds is 7. The molecule has 36 heavy (non-hydrogen) atoms. The third kappa shape index (κ3) is 5.99. The van der Waals surface area contributed by atoms with Crippen molar-refractivity contribution in [2.24, 2.45) is 0 Å². The van der Waals surface area contributed by atoms with Crippen molar-refractivity contribution < 1.29 is 69.3 Å². The van der Waals surface area contributed by atoms with Crippen molar-refractivity contribution in [1.82, 2.24) is 5.32 Å². The highest BCUT2D eigenvalue weighted by atomic mass is 16.7. The predicted molar refractivity (Wildman–Crippen MR) is 115 cm³/mol. The lowest BCUT2D eigenvalue weighted by molar-refractivity contribution is -0.360. The Morgan fingerprint density at radius 2 is 1.22 bits per heavy atom. The Morgan fingerprint density at radius 3 is 1.78 bits per heavy atom. The zero-order valence-electron chi connectivity index (χ0n) is 20.1. The maximum atomic E-state index is 11.9. The van der Waals surface area contributed by atoms with Crippen LogP contribution in [0, 0.1) is 0 Å². The minimum Gasteiger partial charge on any atom is -0.394 e. The topological polar surface area (TPSA) is 237 Å². The summed E-state index contributed by atoms with van der Waals surface area (Å²) in [4.78, 5) is 11.9. The molecule has 210 valence electrons. The Morgan fingerprint density at radius 1 is 0.694 bits per heavy atom. The molecule has 0 aliphatic carbocycles. The summed E-state index contributed by atoms with van der Waals surface area (Å²) < 4.78 is 28.5. The van der Waals surface area contributed by atoms with E-state index in [4.69, 9.17) is 23.7 Å². The van der Waals surface area contributed by atoms with Gasteiger partial charge in [-0.25, -0.2) is 0 Å². The van der Waals surface area contributed by atoms with Crippen molar-refractivity contribution in [3.63, 3.8) is 0 Å². The first-order valence-corrected chi connectivity index (χ1v) is 11.8. The lowest BCUT2D eigenvalue weighted by Crippen LogP contribution is -2.69. The number of hydrogen-bond acceptors (Lipinski definition) is 14. The number of amides is 1. The number of carbonyl (C=O) groups is 1. The van der Waals surface area contributed by atoms with E-state index in [9.17, 15) is 45.6 Å². The molecule has 7 unspecified atom stereocenters. The predicted octanol–water partition coefficient (Wildman–Crippen LogP) is -5.33. The third-order valence-corrected chi connectivity index (χ3v) is 6.73. The largest absolute Gasteiger partial charge is 0.394 e. The fourth-order valence-corrected chi connectivity index (χ4v) is 4.64. The van der Waals surface area contributed by atoms with Crippen LogP contribution in [-0.2, 0) is 28.5 Å². The van der Waals surface area contributed by atoms with Crippen LogP contribution in [0.3, 0.4) is 0 Å². The van der Waals surface area contributed by atoms with Crippen molar-refractivity contribution in [1.29, 1.82) is 0 Å². The minimum absolute atomic E-state index is 0.480. The van der Waals surface area contributed by atoms with Crippen molar-refractivity contribution in [3.8, 4) is 0 Å². The number of ether oxygens (including phenoxy) is 5. The minimum atomic E-state index is -1.78. The SMILES string of the molecule is CC(=O)NC1C(C)OC(CO)[C@H](O[C@@H]2OC(CO)[C@H](O)[C@H](O)C2O)[C@@H]1O[C@@H]1OC(C)[C@H](O)[C@@H](O)C1O. The molecule has 0 bridgehead atoms. The molecule has 0 saturated carbocycles. The molecule has 0 aromatic heterocycles. The highest BCUT2D eigenvalue weighted by Crippen LogP contribution is 2.33. The van der Waals surface area contributed by atoms with Gasteiger partial charge in [0.05, 0.1) is 31.5 Å². The van der Waals surface area contributed by atoms with E-state index in [1.54, 1.807) is 6.92 Å². The van der Waals surface area contributed by atoms with Gasteiger partial charge < -0.3 is 69.9 Å². The fourth-order valence-electron chi connectivity index (χ4n) is 4.64. The maximum absolute atomic E-state index is 11.9. The highest BCUT2D eigenvalue weighted by molar-refractivity contribution is 5.73. The molecule has 15 heteroatoms. The molecular weight excluding hydrogens is 490 g/mol. The van der Waals surface area contributed by atoms with Crippen LogP contribution >= 0.6 is 0 Å². The van der Waals surface area contributed by atoms with Crippen molar-refractivity contribution >= 4 is 5.91 Å². The van der Waals surface area contributed by atoms with Crippen molar-refractivity contribution in [2.75, 3.05) is 13.2 Å². The first kappa shape index (κ1) is 29.5. The number of hydrogen-bond donors (Lipinski definition) is 9. The van der Waals surface area contributed by atoms with Crippen LogP contribution in [0.15, 0.2) is 0 Å². The molecule has 3 aliphatic rings. The standard InChI is InChI=1S/C21H37NO14/c1-6-11(22-8(3)25)19(36-20-16(30)14(28)12(26)7(2)33-20)18(10(5-24)32-6)35-21-17(31)15(29)13(27)9(4-23)34-21/h6-7,9-21,23-24,26-31H,4-5H2,1-3H3,(H,22,25)/t6?,7?,9?,10?,11?,12-,13-,14+,15-,16?,17?,18-,19+,20-,21-/m0/s1. The zero-order chi connectivity index (χ0) is 26.9. The second-order valence-corrected chi connectivity index (χ2v) is 9.37. The molecule has 3 fully saturated rings. The average molecular weight is 528 g/mol. The van der Waals surface area contributed by atoms with E-state index < -0.39 is 111 Å². The van der Waals surface area contributed by atoms with Crippen LogP contribution in [0.5, 0.6) is 0 Å². The van der Waals surface area contributed by atoms with Crippen LogP contribution in [0.2, 0.25) is 0 Å². The molecule has 3 rings (SSSR count). The summed E-state index contributed by atoms with van der Waals surface area (Å²) in [7, 11) is 0. The summed E-state index contributed by atoms with van der Waals surface area (Å²) in [5.74, 6) is -0.480. The van der Waals surface area contributed by atoms with Gasteiger partial charge in [0.2, 0.25) is 5.91 Å². The normalized spacial score (nSPS) is 50.0. The number of aliphatic hydroxyl groups excluding tert-OH is 8. The Bertz CT molecular complexity index is 729. The summed E-state index contributed by atoms with van der Waals surface area (Å²) in [5, 5.41) is 83.4. The van der Waals surface area contributed by atoms with Gasteiger partial charge in [-0.2, -0.15) is 0 Å². The monoisotopic (exact) mass is 527 g/mol. The van der Waals surface area contributed by atoms with Crippen molar-refractivity contribution in [3.05, 3.63) is 0 Å². The van der Waals surface area contributed by atoms with Crippen LogP contribution in [0.1, 0.15) is 20.8 Å². The van der Waals surface area contributed by atoms with Gasteiger partial charge in [0.15, 0.2) is 12.6 Å². The molecule has 3 aliphatic heterocycles. The summed E-state index contributed by atoms with van der Waals surface area (Å²) in [6.07, 6.45) is -19.7. The summed E-state index contributed by atoms with van der Waals surface area (Å²) in [6.45, 7) is 2.95. The van der Waals surface area contributed by atoms with E-state index in [2.05, 4.69) is 5.32 Å². The van der Waals surface area contributed by atoms with E-state index in [0.29, 0.717) is 0 Å². The second-order valence-electron chi connectivity index (χ2n) is 9.37. The molecule has 15 atom stereocenters. The van der Waals surface area contributed by atoms with Gasteiger partial charge in [-0.3, -0.25) is 4.79 Å². The van der Waals surface area contributed by atoms with E-state index in [1.807, 2.05) is 0 Å². The molecule has 0 radical (unpaired) electrons.